The van der Waals surface area contributed by atoms with Crippen LogP contribution in [0, 0.1) is 11.8 Å². The summed E-state index contributed by atoms with van der Waals surface area (Å²) in [5.41, 5.74) is 0.551. The highest BCUT2D eigenvalue weighted by Crippen LogP contribution is 2.48. The van der Waals surface area contributed by atoms with Crippen molar-refractivity contribution >= 4 is 26.8 Å². The molecule has 0 radical (unpaired) electrons. The monoisotopic (exact) mass is 485 g/mol. The van der Waals surface area contributed by atoms with Gasteiger partial charge in [0.2, 0.25) is 15.9 Å². The number of hydrogen-bond donors (Lipinski definition) is 1. The predicted molar refractivity (Wildman–Crippen MR) is 126 cm³/mol. The van der Waals surface area contributed by atoms with Crippen LogP contribution in [-0.4, -0.2) is 49.4 Å². The minimum atomic E-state index is -3.60. The molecule has 1 saturated carbocycles. The summed E-state index contributed by atoms with van der Waals surface area (Å²) in [6.45, 7) is 0.897. The lowest BCUT2D eigenvalue weighted by molar-refractivity contribution is -0.134. The Labute approximate surface area is 198 Å². The zero-order valence-electron chi connectivity index (χ0n) is 18.8. The third-order valence-corrected chi connectivity index (χ3v) is 8.97. The summed E-state index contributed by atoms with van der Waals surface area (Å²) in [4.78, 5) is 11.6. The van der Waals surface area contributed by atoms with Gasteiger partial charge >= 0.3 is 5.97 Å². The zero-order valence-corrected chi connectivity index (χ0v) is 19.6. The molecule has 0 amide bonds. The number of halogens is 1. The molecular weight excluding hydrogens is 457 g/mol. The molecule has 0 spiro atoms. The van der Waals surface area contributed by atoms with Crippen molar-refractivity contribution in [2.75, 3.05) is 19.7 Å². The summed E-state index contributed by atoms with van der Waals surface area (Å²) in [6.07, 6.45) is 5.57. The van der Waals surface area contributed by atoms with Crippen LogP contribution in [0.5, 0.6) is 0 Å². The number of aliphatic carboxylic acids is 1. The Morgan fingerprint density at radius 1 is 1.09 bits per heavy atom. The molecule has 0 bridgehead atoms. The fraction of sp³-hybridized carbons (Fsp3) is 0.423. The van der Waals surface area contributed by atoms with Gasteiger partial charge in [-0.25, -0.2) is 17.6 Å². The number of hydrogen-bond acceptors (Lipinski definition) is 4. The molecule has 8 heteroatoms. The highest BCUT2D eigenvalue weighted by molar-refractivity contribution is 7.89. The Kier molecular flexibility index (Phi) is 6.08. The fourth-order valence-electron chi connectivity index (χ4n) is 4.84. The number of benzene rings is 2. The number of piperidine rings is 1. The van der Waals surface area contributed by atoms with Crippen molar-refractivity contribution < 1.29 is 27.4 Å². The Bertz CT molecular complexity index is 1280. The standard InChI is InChI=1S/C26H28FNO5S/c27-26(12-9-22(25(29)30)16-24(26)20-5-6-20)33-17-18-10-13-28(14-11-18)34(31,32)23-8-7-19-3-1-2-4-21(19)15-23/h1-4,7-9,15-16,18,20H,5-6,10-14,17H2,(H,29,30). The van der Waals surface area contributed by atoms with Gasteiger partial charge in [-0.1, -0.05) is 36.4 Å². The van der Waals surface area contributed by atoms with Gasteiger partial charge in [0.15, 0.2) is 0 Å². The number of sulfonamides is 1. The third kappa shape index (κ3) is 4.54. The Balaban J connectivity index is 1.21. The van der Waals surface area contributed by atoms with Crippen molar-refractivity contribution in [1.82, 2.24) is 4.31 Å². The van der Waals surface area contributed by atoms with Crippen molar-refractivity contribution in [2.45, 2.75) is 42.9 Å². The van der Waals surface area contributed by atoms with Crippen molar-refractivity contribution in [2.24, 2.45) is 11.8 Å². The molecule has 1 heterocycles. The van der Waals surface area contributed by atoms with E-state index in [9.17, 15) is 18.3 Å². The first kappa shape index (κ1) is 23.2. The van der Waals surface area contributed by atoms with Gasteiger partial charge < -0.3 is 9.84 Å². The van der Waals surface area contributed by atoms with Crippen molar-refractivity contribution in [3.05, 3.63) is 65.8 Å². The first-order valence-electron chi connectivity index (χ1n) is 11.7. The maximum atomic E-state index is 15.7. The van der Waals surface area contributed by atoms with Gasteiger partial charge in [0.25, 0.3) is 0 Å². The fourth-order valence-corrected chi connectivity index (χ4v) is 6.35. The molecule has 2 aromatic rings. The maximum absolute atomic E-state index is 15.7. The van der Waals surface area contributed by atoms with E-state index in [0.29, 0.717) is 31.5 Å². The molecule has 3 aliphatic rings. The Hall–Kier alpha value is -2.55. The number of rotatable bonds is 7. The normalized spacial score (nSPS) is 24.6. The van der Waals surface area contributed by atoms with Crippen LogP contribution in [0.3, 0.4) is 0 Å². The average molecular weight is 486 g/mol. The molecule has 1 saturated heterocycles. The molecule has 6 nitrogen and oxygen atoms in total. The molecule has 2 aromatic carbocycles. The number of fused-ring (bicyclic) bond motifs is 1. The Morgan fingerprint density at radius 3 is 2.47 bits per heavy atom. The summed E-state index contributed by atoms with van der Waals surface area (Å²) in [5, 5.41) is 11.1. The lowest BCUT2D eigenvalue weighted by Gasteiger charge is -2.35. The van der Waals surface area contributed by atoms with E-state index in [0.717, 1.165) is 23.6 Å². The molecular formula is C26H28FNO5S. The highest BCUT2D eigenvalue weighted by atomic mass is 32.2. The largest absolute Gasteiger partial charge is 0.478 e. The SMILES string of the molecule is O=C(O)C1=CCC(F)(OCC2CCN(S(=O)(=O)c3ccc4ccccc4c3)CC2)C(C2CC2)=C1. The van der Waals surface area contributed by atoms with Crippen molar-refractivity contribution in [1.29, 1.82) is 0 Å². The van der Waals surface area contributed by atoms with E-state index in [2.05, 4.69) is 0 Å². The smallest absolute Gasteiger partial charge is 0.335 e. The molecule has 1 atom stereocenters. The van der Waals surface area contributed by atoms with Crippen LogP contribution >= 0.6 is 0 Å². The van der Waals surface area contributed by atoms with Crippen LogP contribution in [0.1, 0.15) is 32.1 Å². The first-order valence-corrected chi connectivity index (χ1v) is 13.2. The first-order chi connectivity index (χ1) is 16.3. The summed E-state index contributed by atoms with van der Waals surface area (Å²) < 4.78 is 49.3. The van der Waals surface area contributed by atoms with Crippen LogP contribution < -0.4 is 0 Å². The molecule has 34 heavy (non-hydrogen) atoms. The lowest BCUT2D eigenvalue weighted by atomic mass is 9.90. The van der Waals surface area contributed by atoms with Crippen molar-refractivity contribution in [3.63, 3.8) is 0 Å². The van der Waals surface area contributed by atoms with Gasteiger partial charge in [0, 0.05) is 19.5 Å². The zero-order chi connectivity index (χ0) is 23.9. The van der Waals surface area contributed by atoms with E-state index in [1.165, 1.54) is 16.5 Å². The Morgan fingerprint density at radius 2 is 1.79 bits per heavy atom. The number of alkyl halides is 1. The molecule has 0 aromatic heterocycles. The van der Waals surface area contributed by atoms with E-state index in [4.69, 9.17) is 4.74 Å². The summed E-state index contributed by atoms with van der Waals surface area (Å²) in [6, 6.07) is 12.8. The van der Waals surface area contributed by atoms with E-state index in [-0.39, 0.29) is 35.3 Å². The third-order valence-electron chi connectivity index (χ3n) is 7.07. The molecule has 180 valence electrons. The van der Waals surface area contributed by atoms with E-state index in [1.807, 2.05) is 30.3 Å². The van der Waals surface area contributed by atoms with Gasteiger partial charge in [-0.3, -0.25) is 0 Å². The van der Waals surface area contributed by atoms with Gasteiger partial charge in [-0.2, -0.15) is 4.31 Å². The second kappa shape index (κ2) is 8.91. The van der Waals surface area contributed by atoms with Gasteiger partial charge in [-0.15, -0.1) is 0 Å². The molecule has 5 rings (SSSR count). The van der Waals surface area contributed by atoms with Gasteiger partial charge in [-0.05, 0) is 72.1 Å². The number of nitrogens with zero attached hydrogens (tertiary/aromatic N) is 1. The van der Waals surface area contributed by atoms with Crippen LogP contribution in [0.2, 0.25) is 0 Å². The number of carboxylic acid groups (broad SMARTS) is 1. The second-order valence-electron chi connectivity index (χ2n) is 9.44. The van der Waals surface area contributed by atoms with Crippen molar-refractivity contribution in [3.8, 4) is 0 Å². The van der Waals surface area contributed by atoms with E-state index >= 15 is 4.39 Å². The molecule has 2 fully saturated rings. The van der Waals surface area contributed by atoms with E-state index in [1.54, 1.807) is 12.1 Å². The van der Waals surface area contributed by atoms with Gasteiger partial charge in [0.1, 0.15) is 0 Å². The summed E-state index contributed by atoms with van der Waals surface area (Å²) in [5.74, 6) is -2.95. The molecule has 1 N–H and O–H groups in total. The maximum Gasteiger partial charge on any atom is 0.335 e. The molecule has 2 aliphatic carbocycles. The lowest BCUT2D eigenvalue weighted by Crippen LogP contribution is -2.41. The van der Waals surface area contributed by atoms with Crippen LogP contribution in [0.25, 0.3) is 10.8 Å². The van der Waals surface area contributed by atoms with Crippen LogP contribution in [0.15, 0.2) is 70.7 Å². The second-order valence-corrected chi connectivity index (χ2v) is 11.4. The molecule has 1 aliphatic heterocycles. The van der Waals surface area contributed by atoms with Gasteiger partial charge in [0.05, 0.1) is 17.1 Å². The van der Waals surface area contributed by atoms with Crippen LogP contribution in [-0.2, 0) is 19.6 Å². The summed E-state index contributed by atoms with van der Waals surface area (Å²) >= 11 is 0. The highest BCUT2D eigenvalue weighted by Gasteiger charge is 2.45. The van der Waals surface area contributed by atoms with E-state index < -0.39 is 21.8 Å². The summed E-state index contributed by atoms with van der Waals surface area (Å²) in [7, 11) is -3.60. The van der Waals surface area contributed by atoms with Crippen LogP contribution in [0.4, 0.5) is 4.39 Å². The minimum absolute atomic E-state index is 0.0426. The minimum Gasteiger partial charge on any atom is -0.478 e. The average Bonchev–Trinajstić information content (AvgIpc) is 3.68. The predicted octanol–water partition coefficient (Wildman–Crippen LogP) is 4.67. The topological polar surface area (TPSA) is 83.9 Å². The number of carbonyl (C=O) groups is 1. The number of ether oxygens (including phenoxy) is 1. The quantitative estimate of drug-likeness (QED) is 0.616. The number of carboxylic acids is 1. The molecule has 1 unspecified atom stereocenters.